The van der Waals surface area contributed by atoms with Crippen molar-refractivity contribution >= 4 is 32.7 Å². The van der Waals surface area contributed by atoms with Gasteiger partial charge in [0.2, 0.25) is 5.43 Å². The van der Waals surface area contributed by atoms with E-state index in [1.54, 1.807) is 49.8 Å². The van der Waals surface area contributed by atoms with Crippen LogP contribution in [0.3, 0.4) is 0 Å². The number of benzene rings is 2. The number of fused-ring (bicyclic) bond motifs is 1. The molecule has 6 heteroatoms. The first-order valence-electron chi connectivity index (χ1n) is 9.40. The van der Waals surface area contributed by atoms with Crippen LogP contribution in [0.4, 0.5) is 0 Å². The molecular formula is C24H19BrN2O3. The third-order valence-electron chi connectivity index (χ3n) is 4.98. The number of halogens is 1. The first kappa shape index (κ1) is 20.0. The Morgan fingerprint density at radius 3 is 2.70 bits per heavy atom. The zero-order valence-corrected chi connectivity index (χ0v) is 18.1. The summed E-state index contributed by atoms with van der Waals surface area (Å²) in [6.45, 7) is 2.35. The SMILES string of the molecule is COc1ccc(C(=O)c2cn(Cc3cccc(Br)c3)c3ncccc3c2=O)cc1C. The molecule has 0 radical (unpaired) electrons. The molecule has 0 aliphatic rings. The van der Waals surface area contributed by atoms with E-state index in [2.05, 4.69) is 20.9 Å². The predicted octanol–water partition coefficient (Wildman–Crippen LogP) is 4.76. The zero-order valence-electron chi connectivity index (χ0n) is 16.6. The normalized spacial score (nSPS) is 10.9. The number of hydrogen-bond donors (Lipinski definition) is 0. The Kier molecular flexibility index (Phi) is 5.50. The molecule has 0 atom stereocenters. The number of hydrogen-bond acceptors (Lipinski definition) is 4. The molecule has 0 saturated heterocycles. The van der Waals surface area contributed by atoms with Gasteiger partial charge in [0.25, 0.3) is 0 Å². The van der Waals surface area contributed by atoms with Crippen molar-refractivity contribution < 1.29 is 9.53 Å². The molecule has 0 bridgehead atoms. The van der Waals surface area contributed by atoms with Gasteiger partial charge in [-0.25, -0.2) is 4.98 Å². The van der Waals surface area contributed by atoms with Gasteiger partial charge in [0, 0.05) is 29.0 Å². The van der Waals surface area contributed by atoms with E-state index in [-0.39, 0.29) is 16.8 Å². The Labute approximate surface area is 182 Å². The smallest absolute Gasteiger partial charge is 0.202 e. The van der Waals surface area contributed by atoms with Gasteiger partial charge >= 0.3 is 0 Å². The minimum atomic E-state index is -0.320. The van der Waals surface area contributed by atoms with Gasteiger partial charge < -0.3 is 9.30 Å². The molecule has 0 amide bonds. The van der Waals surface area contributed by atoms with Gasteiger partial charge in [-0.3, -0.25) is 9.59 Å². The lowest BCUT2D eigenvalue weighted by atomic mass is 10.0. The van der Waals surface area contributed by atoms with Crippen molar-refractivity contribution in [3.05, 3.63) is 104 Å². The van der Waals surface area contributed by atoms with Crippen LogP contribution in [0.15, 0.2) is 76.3 Å². The van der Waals surface area contributed by atoms with E-state index in [9.17, 15) is 9.59 Å². The predicted molar refractivity (Wildman–Crippen MR) is 120 cm³/mol. The Balaban J connectivity index is 1.86. The highest BCUT2D eigenvalue weighted by Crippen LogP contribution is 2.21. The molecule has 4 rings (SSSR count). The van der Waals surface area contributed by atoms with E-state index < -0.39 is 0 Å². The highest BCUT2D eigenvalue weighted by atomic mass is 79.9. The fourth-order valence-electron chi connectivity index (χ4n) is 3.51. The van der Waals surface area contributed by atoms with Crippen molar-refractivity contribution in [2.24, 2.45) is 0 Å². The molecule has 4 aromatic rings. The minimum Gasteiger partial charge on any atom is -0.496 e. The van der Waals surface area contributed by atoms with E-state index in [0.29, 0.717) is 28.9 Å². The number of nitrogens with zero attached hydrogens (tertiary/aromatic N) is 2. The second-order valence-corrected chi connectivity index (χ2v) is 7.93. The lowest BCUT2D eigenvalue weighted by Gasteiger charge is -2.13. The first-order valence-corrected chi connectivity index (χ1v) is 10.2. The van der Waals surface area contributed by atoms with Gasteiger partial charge in [-0.2, -0.15) is 0 Å². The van der Waals surface area contributed by atoms with Gasteiger partial charge in [-0.05, 0) is 60.5 Å². The second-order valence-electron chi connectivity index (χ2n) is 7.02. The molecule has 5 nitrogen and oxygen atoms in total. The Bertz CT molecular complexity index is 1330. The van der Waals surface area contributed by atoms with Gasteiger partial charge in [-0.1, -0.05) is 28.1 Å². The third-order valence-corrected chi connectivity index (χ3v) is 5.47. The fourth-order valence-corrected chi connectivity index (χ4v) is 3.96. The van der Waals surface area contributed by atoms with E-state index in [1.807, 2.05) is 35.8 Å². The Hall–Kier alpha value is -3.25. The number of ether oxygens (including phenoxy) is 1. The van der Waals surface area contributed by atoms with Crippen molar-refractivity contribution in [2.45, 2.75) is 13.5 Å². The largest absolute Gasteiger partial charge is 0.496 e. The Morgan fingerprint density at radius 1 is 1.13 bits per heavy atom. The van der Waals surface area contributed by atoms with Crippen LogP contribution < -0.4 is 10.2 Å². The lowest BCUT2D eigenvalue weighted by Crippen LogP contribution is -2.21. The van der Waals surface area contributed by atoms with Crippen molar-refractivity contribution in [3.8, 4) is 5.75 Å². The maximum Gasteiger partial charge on any atom is 0.202 e. The van der Waals surface area contributed by atoms with Crippen LogP contribution in [0.2, 0.25) is 0 Å². The summed E-state index contributed by atoms with van der Waals surface area (Å²) in [5, 5.41) is 0.420. The van der Waals surface area contributed by atoms with Crippen molar-refractivity contribution in [1.29, 1.82) is 0 Å². The van der Waals surface area contributed by atoms with Crippen LogP contribution in [0.1, 0.15) is 27.0 Å². The number of carbonyl (C=O) groups is 1. The molecule has 2 heterocycles. The van der Waals surface area contributed by atoms with Crippen LogP contribution in [0, 0.1) is 6.92 Å². The average molecular weight is 463 g/mol. The molecule has 30 heavy (non-hydrogen) atoms. The molecule has 0 spiro atoms. The number of rotatable bonds is 5. The molecule has 0 aliphatic carbocycles. The number of carbonyl (C=O) groups excluding carboxylic acids is 1. The van der Waals surface area contributed by atoms with Crippen LogP contribution >= 0.6 is 15.9 Å². The number of ketones is 1. The molecule has 150 valence electrons. The minimum absolute atomic E-state index is 0.120. The lowest BCUT2D eigenvalue weighted by molar-refractivity contribution is 0.103. The summed E-state index contributed by atoms with van der Waals surface area (Å²) in [6.07, 6.45) is 3.26. The topological polar surface area (TPSA) is 61.2 Å². The molecule has 2 aromatic heterocycles. The Morgan fingerprint density at radius 2 is 1.97 bits per heavy atom. The highest BCUT2D eigenvalue weighted by molar-refractivity contribution is 9.10. The summed E-state index contributed by atoms with van der Waals surface area (Å²) in [5.41, 5.74) is 2.66. The molecule has 0 N–H and O–H groups in total. The molecule has 0 fully saturated rings. The van der Waals surface area contributed by atoms with Gasteiger partial charge in [0.05, 0.1) is 18.1 Å². The van der Waals surface area contributed by atoms with Gasteiger partial charge in [0.1, 0.15) is 11.4 Å². The molecular weight excluding hydrogens is 444 g/mol. The number of aryl methyl sites for hydroxylation is 1. The van der Waals surface area contributed by atoms with Crippen LogP contribution in [-0.2, 0) is 6.54 Å². The molecule has 2 aromatic carbocycles. The molecule has 0 unspecified atom stereocenters. The monoisotopic (exact) mass is 462 g/mol. The summed E-state index contributed by atoms with van der Waals surface area (Å²) in [7, 11) is 1.58. The maximum atomic E-state index is 13.2. The summed E-state index contributed by atoms with van der Waals surface area (Å²) in [5.74, 6) is 0.376. The first-order chi connectivity index (χ1) is 14.5. The van der Waals surface area contributed by atoms with Crippen LogP contribution in [0.25, 0.3) is 11.0 Å². The number of pyridine rings is 2. The van der Waals surface area contributed by atoms with Crippen molar-refractivity contribution in [3.63, 3.8) is 0 Å². The van der Waals surface area contributed by atoms with Gasteiger partial charge in [0.15, 0.2) is 5.78 Å². The standard InChI is InChI=1S/C24H19BrN2O3/c1-15-11-17(8-9-21(15)30-2)22(28)20-14-27(13-16-5-3-6-18(25)12-16)24-19(23(20)29)7-4-10-26-24/h3-12,14H,13H2,1-2H3. The summed E-state index contributed by atoms with van der Waals surface area (Å²) >= 11 is 3.48. The van der Waals surface area contributed by atoms with E-state index >= 15 is 0 Å². The van der Waals surface area contributed by atoms with Crippen molar-refractivity contribution in [2.75, 3.05) is 7.11 Å². The average Bonchev–Trinajstić information content (AvgIpc) is 2.75. The van der Waals surface area contributed by atoms with Crippen LogP contribution in [0.5, 0.6) is 5.75 Å². The third kappa shape index (κ3) is 3.78. The second kappa shape index (κ2) is 8.24. The summed E-state index contributed by atoms with van der Waals surface area (Å²) in [4.78, 5) is 30.7. The van der Waals surface area contributed by atoms with Crippen LogP contribution in [-0.4, -0.2) is 22.4 Å². The molecule has 0 aliphatic heterocycles. The van der Waals surface area contributed by atoms with E-state index in [1.165, 1.54) is 0 Å². The number of methoxy groups -OCH3 is 1. The maximum absolute atomic E-state index is 13.2. The number of aromatic nitrogens is 2. The van der Waals surface area contributed by atoms with E-state index in [4.69, 9.17) is 4.74 Å². The van der Waals surface area contributed by atoms with Gasteiger partial charge in [-0.15, -0.1) is 0 Å². The quantitative estimate of drug-likeness (QED) is 0.401. The highest BCUT2D eigenvalue weighted by Gasteiger charge is 2.18. The van der Waals surface area contributed by atoms with E-state index in [0.717, 1.165) is 15.6 Å². The molecule has 0 saturated carbocycles. The summed E-state index contributed by atoms with van der Waals surface area (Å²) in [6, 6.07) is 16.5. The fraction of sp³-hybridized carbons (Fsp3) is 0.125. The van der Waals surface area contributed by atoms with Crippen molar-refractivity contribution in [1.82, 2.24) is 9.55 Å². The zero-order chi connectivity index (χ0) is 21.3. The summed E-state index contributed by atoms with van der Waals surface area (Å²) < 4.78 is 8.08.